The molecule has 1 heterocycles. The van der Waals surface area contributed by atoms with E-state index in [4.69, 9.17) is 17.0 Å². The molecule has 1 aliphatic carbocycles. The van der Waals surface area contributed by atoms with Crippen molar-refractivity contribution in [2.24, 2.45) is 5.92 Å². The summed E-state index contributed by atoms with van der Waals surface area (Å²) in [6.07, 6.45) is 5.27. The summed E-state index contributed by atoms with van der Waals surface area (Å²) < 4.78 is 5.74. The fourth-order valence-corrected chi connectivity index (χ4v) is 2.37. The first kappa shape index (κ1) is 11.1. The topological polar surface area (TPSA) is 33.3 Å². The second kappa shape index (κ2) is 5.12. The van der Waals surface area contributed by atoms with Gasteiger partial charge in [-0.2, -0.15) is 0 Å². The fourth-order valence-electron chi connectivity index (χ4n) is 2.11. The lowest BCUT2D eigenvalue weighted by molar-refractivity contribution is 0.0842. The molecule has 1 saturated heterocycles. The number of nitrogens with one attached hydrogen (secondary N) is 2. The van der Waals surface area contributed by atoms with Crippen molar-refractivity contribution in [1.29, 1.82) is 0 Å². The van der Waals surface area contributed by atoms with E-state index in [1.165, 1.54) is 12.8 Å². The molecule has 4 heteroatoms. The molecule has 1 aliphatic heterocycles. The highest BCUT2D eigenvalue weighted by Gasteiger charge is 2.40. The highest BCUT2D eigenvalue weighted by Crippen LogP contribution is 2.38. The van der Waals surface area contributed by atoms with E-state index in [2.05, 4.69) is 17.6 Å². The van der Waals surface area contributed by atoms with E-state index in [1.54, 1.807) is 0 Å². The van der Waals surface area contributed by atoms with Gasteiger partial charge in [-0.05, 0) is 43.8 Å². The summed E-state index contributed by atoms with van der Waals surface area (Å²) in [5.41, 5.74) is 0. The second-order valence-electron chi connectivity index (χ2n) is 4.47. The molecule has 0 radical (unpaired) electrons. The lowest BCUT2D eigenvalue weighted by atomic mass is 10.1. The Hall–Kier alpha value is -0.350. The first-order chi connectivity index (χ1) is 7.31. The average molecular weight is 228 g/mol. The van der Waals surface area contributed by atoms with Gasteiger partial charge in [-0.15, -0.1) is 0 Å². The minimum atomic E-state index is 0.409. The first-order valence-electron chi connectivity index (χ1n) is 5.97. The van der Waals surface area contributed by atoms with Crippen LogP contribution in [0.5, 0.6) is 0 Å². The fraction of sp³-hybridized carbons (Fsp3) is 0.909. The van der Waals surface area contributed by atoms with E-state index in [0.29, 0.717) is 12.1 Å². The van der Waals surface area contributed by atoms with E-state index in [1.807, 2.05) is 0 Å². The van der Waals surface area contributed by atoms with Crippen molar-refractivity contribution in [1.82, 2.24) is 10.6 Å². The van der Waals surface area contributed by atoms with E-state index in [9.17, 15) is 0 Å². The van der Waals surface area contributed by atoms with Gasteiger partial charge >= 0.3 is 0 Å². The van der Waals surface area contributed by atoms with Crippen molar-refractivity contribution >= 4 is 17.3 Å². The molecule has 2 atom stereocenters. The molecular weight excluding hydrogens is 208 g/mol. The molecule has 2 fully saturated rings. The maximum Gasteiger partial charge on any atom is 0.166 e. The van der Waals surface area contributed by atoms with Gasteiger partial charge in [0, 0.05) is 13.2 Å². The SMILES string of the molecule is CCCNC(=S)NC1CCOC1C1CC1. The Labute approximate surface area is 96.9 Å². The molecule has 0 aromatic rings. The normalized spacial score (nSPS) is 30.2. The Morgan fingerprint density at radius 2 is 2.20 bits per heavy atom. The maximum atomic E-state index is 5.74. The molecule has 0 aromatic heterocycles. The van der Waals surface area contributed by atoms with Gasteiger partial charge in [-0.3, -0.25) is 0 Å². The van der Waals surface area contributed by atoms with Crippen LogP contribution < -0.4 is 10.6 Å². The highest BCUT2D eigenvalue weighted by molar-refractivity contribution is 7.80. The number of ether oxygens (including phenoxy) is 1. The minimum Gasteiger partial charge on any atom is -0.376 e. The van der Waals surface area contributed by atoms with Gasteiger partial charge in [-0.25, -0.2) is 0 Å². The van der Waals surface area contributed by atoms with Gasteiger partial charge in [0.1, 0.15) is 0 Å². The van der Waals surface area contributed by atoms with E-state index < -0.39 is 0 Å². The zero-order valence-electron chi connectivity index (χ0n) is 9.29. The molecule has 2 rings (SSSR count). The van der Waals surface area contributed by atoms with E-state index >= 15 is 0 Å². The molecule has 0 spiro atoms. The highest BCUT2D eigenvalue weighted by atomic mass is 32.1. The largest absolute Gasteiger partial charge is 0.376 e. The van der Waals surface area contributed by atoms with Crippen LogP contribution in [0, 0.1) is 5.92 Å². The smallest absolute Gasteiger partial charge is 0.166 e. The Balaban J connectivity index is 1.74. The van der Waals surface area contributed by atoms with Crippen LogP contribution in [0.4, 0.5) is 0 Å². The second-order valence-corrected chi connectivity index (χ2v) is 4.88. The molecule has 1 saturated carbocycles. The molecule has 3 nitrogen and oxygen atoms in total. The Morgan fingerprint density at radius 3 is 2.87 bits per heavy atom. The van der Waals surface area contributed by atoms with Gasteiger partial charge in [-0.1, -0.05) is 6.92 Å². The number of hydrogen-bond acceptors (Lipinski definition) is 2. The van der Waals surface area contributed by atoms with Gasteiger partial charge in [0.15, 0.2) is 5.11 Å². The zero-order chi connectivity index (χ0) is 10.7. The van der Waals surface area contributed by atoms with Crippen LogP contribution in [0.3, 0.4) is 0 Å². The van der Waals surface area contributed by atoms with Crippen molar-refractivity contribution < 1.29 is 4.74 Å². The summed E-state index contributed by atoms with van der Waals surface area (Å²) in [7, 11) is 0. The standard InChI is InChI=1S/C11H20N2OS/c1-2-6-12-11(15)13-9-5-7-14-10(9)8-3-4-8/h8-10H,2-7H2,1H3,(H2,12,13,15). The monoisotopic (exact) mass is 228 g/mol. The van der Waals surface area contributed by atoms with Gasteiger partial charge in [0.05, 0.1) is 12.1 Å². The van der Waals surface area contributed by atoms with E-state index in [0.717, 1.165) is 37.0 Å². The van der Waals surface area contributed by atoms with Crippen LogP contribution >= 0.6 is 12.2 Å². The summed E-state index contributed by atoms with van der Waals surface area (Å²) in [6, 6.07) is 0.439. The van der Waals surface area contributed by atoms with Crippen LogP contribution in [0.15, 0.2) is 0 Å². The minimum absolute atomic E-state index is 0.409. The lowest BCUT2D eigenvalue weighted by Crippen LogP contribution is -2.46. The third kappa shape index (κ3) is 3.05. The Kier molecular flexibility index (Phi) is 3.81. The molecule has 2 unspecified atom stereocenters. The van der Waals surface area contributed by atoms with Crippen molar-refractivity contribution in [2.75, 3.05) is 13.2 Å². The lowest BCUT2D eigenvalue weighted by Gasteiger charge is -2.21. The van der Waals surface area contributed by atoms with Crippen LogP contribution in [0.2, 0.25) is 0 Å². The van der Waals surface area contributed by atoms with Crippen LogP contribution in [0.25, 0.3) is 0 Å². The van der Waals surface area contributed by atoms with Crippen molar-refractivity contribution in [3.8, 4) is 0 Å². The van der Waals surface area contributed by atoms with Crippen LogP contribution in [-0.2, 0) is 4.74 Å². The quantitative estimate of drug-likeness (QED) is 0.713. The maximum absolute atomic E-state index is 5.74. The summed E-state index contributed by atoms with van der Waals surface area (Å²) in [5.74, 6) is 0.791. The summed E-state index contributed by atoms with van der Waals surface area (Å²) in [5, 5.41) is 7.37. The van der Waals surface area contributed by atoms with Crippen molar-refractivity contribution in [2.45, 2.75) is 44.8 Å². The molecule has 0 bridgehead atoms. The molecule has 0 amide bonds. The summed E-state index contributed by atoms with van der Waals surface area (Å²) in [6.45, 7) is 3.98. The van der Waals surface area contributed by atoms with E-state index in [-0.39, 0.29) is 0 Å². The van der Waals surface area contributed by atoms with Crippen LogP contribution in [0.1, 0.15) is 32.6 Å². The van der Waals surface area contributed by atoms with Crippen molar-refractivity contribution in [3.05, 3.63) is 0 Å². The Morgan fingerprint density at radius 1 is 1.40 bits per heavy atom. The zero-order valence-corrected chi connectivity index (χ0v) is 10.1. The molecule has 2 N–H and O–H groups in total. The predicted octanol–water partition coefficient (Wildman–Crippen LogP) is 1.43. The van der Waals surface area contributed by atoms with Crippen LogP contribution in [-0.4, -0.2) is 30.4 Å². The number of rotatable bonds is 4. The predicted molar refractivity (Wildman–Crippen MR) is 64.9 cm³/mol. The average Bonchev–Trinajstić information content (AvgIpc) is 2.97. The number of thiocarbonyl (C=S) groups is 1. The molecule has 86 valence electrons. The Bertz CT molecular complexity index is 231. The third-order valence-electron chi connectivity index (χ3n) is 3.07. The summed E-state index contributed by atoms with van der Waals surface area (Å²) in [4.78, 5) is 0. The molecule has 15 heavy (non-hydrogen) atoms. The summed E-state index contributed by atoms with van der Waals surface area (Å²) >= 11 is 5.24. The molecule has 2 aliphatic rings. The molecule has 0 aromatic carbocycles. The van der Waals surface area contributed by atoms with Gasteiger partial charge < -0.3 is 15.4 Å². The van der Waals surface area contributed by atoms with Crippen molar-refractivity contribution in [3.63, 3.8) is 0 Å². The molecular formula is C11H20N2OS. The van der Waals surface area contributed by atoms with Gasteiger partial charge in [0.2, 0.25) is 0 Å². The third-order valence-corrected chi connectivity index (χ3v) is 3.34. The first-order valence-corrected chi connectivity index (χ1v) is 6.38. The van der Waals surface area contributed by atoms with Gasteiger partial charge in [0.25, 0.3) is 0 Å². The number of hydrogen-bond donors (Lipinski definition) is 2.